The Morgan fingerprint density at radius 1 is 1.15 bits per heavy atom. The molecule has 0 aliphatic carbocycles. The van der Waals surface area contributed by atoms with E-state index in [9.17, 15) is 0 Å². The molecule has 0 radical (unpaired) electrons. The molecular weight excluding hydrogens is 264 g/mol. The van der Waals surface area contributed by atoms with Crippen LogP contribution in [0, 0.1) is 13.8 Å². The third-order valence-corrected chi connectivity index (χ3v) is 4.44. The van der Waals surface area contributed by atoms with Gasteiger partial charge in [-0.1, -0.05) is 43.0 Å². The summed E-state index contributed by atoms with van der Waals surface area (Å²) in [5.74, 6) is 0. The van der Waals surface area contributed by atoms with Crippen molar-refractivity contribution in [2.24, 2.45) is 0 Å². The van der Waals surface area contributed by atoms with Crippen LogP contribution in [0.3, 0.4) is 0 Å². The van der Waals surface area contributed by atoms with Gasteiger partial charge < -0.3 is 5.32 Å². The van der Waals surface area contributed by atoms with Gasteiger partial charge in [-0.05, 0) is 49.6 Å². The van der Waals surface area contributed by atoms with Gasteiger partial charge in [0.1, 0.15) is 5.03 Å². The number of benzene rings is 1. The van der Waals surface area contributed by atoms with Crippen LogP contribution in [0.1, 0.15) is 30.0 Å². The van der Waals surface area contributed by atoms with Crippen LogP contribution in [0.2, 0.25) is 0 Å². The maximum Gasteiger partial charge on any atom is 0.104 e. The van der Waals surface area contributed by atoms with E-state index in [4.69, 9.17) is 0 Å². The Morgan fingerprint density at radius 3 is 2.65 bits per heavy atom. The highest BCUT2D eigenvalue weighted by Gasteiger charge is 2.06. The smallest absolute Gasteiger partial charge is 0.104 e. The minimum absolute atomic E-state index is 0.900. The molecule has 2 aromatic rings. The van der Waals surface area contributed by atoms with Gasteiger partial charge in [0, 0.05) is 17.6 Å². The topological polar surface area (TPSA) is 24.9 Å². The molecule has 1 heterocycles. The molecule has 0 saturated carbocycles. The zero-order valence-electron chi connectivity index (χ0n) is 12.4. The Hall–Kier alpha value is -1.32. The molecule has 0 aliphatic heterocycles. The van der Waals surface area contributed by atoms with Crippen molar-refractivity contribution in [3.8, 4) is 0 Å². The first-order valence-electron chi connectivity index (χ1n) is 7.10. The first kappa shape index (κ1) is 15.1. The highest BCUT2D eigenvalue weighted by atomic mass is 32.2. The number of hydrogen-bond acceptors (Lipinski definition) is 3. The Bertz CT molecular complexity index is 567. The second-order valence-corrected chi connectivity index (χ2v) is 6.04. The molecule has 0 aliphatic rings. The second-order valence-electron chi connectivity index (χ2n) is 5.01. The molecule has 0 fully saturated rings. The highest BCUT2D eigenvalue weighted by Crippen LogP contribution is 2.30. The zero-order valence-corrected chi connectivity index (χ0v) is 13.3. The van der Waals surface area contributed by atoms with E-state index in [1.807, 2.05) is 6.20 Å². The SMILES string of the molecule is CCCNCc1cnc(Sc2ccccc2C)c(C)c1. The molecule has 0 amide bonds. The van der Waals surface area contributed by atoms with Crippen LogP contribution in [0.4, 0.5) is 0 Å². The highest BCUT2D eigenvalue weighted by molar-refractivity contribution is 7.99. The van der Waals surface area contributed by atoms with Crippen molar-refractivity contribution < 1.29 is 0 Å². The fourth-order valence-corrected chi connectivity index (χ4v) is 2.92. The molecule has 2 nitrogen and oxygen atoms in total. The molecule has 1 aromatic carbocycles. The summed E-state index contributed by atoms with van der Waals surface area (Å²) in [6.07, 6.45) is 3.14. The predicted octanol–water partition coefficient (Wildman–Crippen LogP) is 4.35. The van der Waals surface area contributed by atoms with Crippen molar-refractivity contribution in [2.75, 3.05) is 6.54 Å². The van der Waals surface area contributed by atoms with Gasteiger partial charge in [-0.2, -0.15) is 0 Å². The van der Waals surface area contributed by atoms with Crippen molar-refractivity contribution in [1.82, 2.24) is 10.3 Å². The molecule has 0 saturated heterocycles. The molecule has 1 N–H and O–H groups in total. The van der Waals surface area contributed by atoms with Gasteiger partial charge in [0.25, 0.3) is 0 Å². The Labute approximate surface area is 126 Å². The van der Waals surface area contributed by atoms with E-state index in [-0.39, 0.29) is 0 Å². The Morgan fingerprint density at radius 2 is 1.95 bits per heavy atom. The lowest BCUT2D eigenvalue weighted by molar-refractivity contribution is 0.672. The van der Waals surface area contributed by atoms with Crippen LogP contribution in [-0.2, 0) is 6.54 Å². The number of aryl methyl sites for hydroxylation is 2. The molecule has 2 rings (SSSR count). The van der Waals surface area contributed by atoms with Crippen molar-refractivity contribution in [1.29, 1.82) is 0 Å². The standard InChI is InChI=1S/C17H22N2S/c1-4-9-18-11-15-10-14(3)17(19-12-15)20-16-8-6-5-7-13(16)2/h5-8,10,12,18H,4,9,11H2,1-3H3. The Balaban J connectivity index is 2.08. The lowest BCUT2D eigenvalue weighted by atomic mass is 10.2. The average Bonchev–Trinajstić information content (AvgIpc) is 2.44. The van der Waals surface area contributed by atoms with Crippen LogP contribution in [0.25, 0.3) is 0 Å². The summed E-state index contributed by atoms with van der Waals surface area (Å²) in [7, 11) is 0. The molecule has 0 unspecified atom stereocenters. The molecule has 0 spiro atoms. The van der Waals surface area contributed by atoms with E-state index >= 15 is 0 Å². The lowest BCUT2D eigenvalue weighted by Crippen LogP contribution is -2.14. The quantitative estimate of drug-likeness (QED) is 0.799. The maximum atomic E-state index is 4.62. The monoisotopic (exact) mass is 286 g/mol. The first-order valence-corrected chi connectivity index (χ1v) is 7.92. The molecule has 3 heteroatoms. The lowest BCUT2D eigenvalue weighted by Gasteiger charge is -2.09. The van der Waals surface area contributed by atoms with Crippen molar-refractivity contribution in [3.05, 3.63) is 53.2 Å². The molecule has 20 heavy (non-hydrogen) atoms. The molecule has 1 aromatic heterocycles. The van der Waals surface area contributed by atoms with Crippen LogP contribution < -0.4 is 5.32 Å². The van der Waals surface area contributed by atoms with Crippen molar-refractivity contribution >= 4 is 11.8 Å². The molecule has 0 atom stereocenters. The van der Waals surface area contributed by atoms with E-state index in [1.54, 1.807) is 11.8 Å². The van der Waals surface area contributed by atoms with E-state index in [1.165, 1.54) is 21.6 Å². The summed E-state index contributed by atoms with van der Waals surface area (Å²) < 4.78 is 0. The third kappa shape index (κ3) is 4.09. The second kappa shape index (κ2) is 7.46. The van der Waals surface area contributed by atoms with Crippen molar-refractivity contribution in [3.63, 3.8) is 0 Å². The number of rotatable bonds is 6. The van der Waals surface area contributed by atoms with Gasteiger partial charge in [0.15, 0.2) is 0 Å². The fourth-order valence-electron chi connectivity index (χ4n) is 2.01. The van der Waals surface area contributed by atoms with Crippen LogP contribution >= 0.6 is 11.8 Å². The summed E-state index contributed by atoms with van der Waals surface area (Å²) in [6.45, 7) is 8.41. The number of nitrogens with one attached hydrogen (secondary N) is 1. The van der Waals surface area contributed by atoms with Gasteiger partial charge >= 0.3 is 0 Å². The molecule has 0 bridgehead atoms. The van der Waals surface area contributed by atoms with Gasteiger partial charge in [0.2, 0.25) is 0 Å². The predicted molar refractivity (Wildman–Crippen MR) is 86.3 cm³/mol. The minimum Gasteiger partial charge on any atom is -0.313 e. The summed E-state index contributed by atoms with van der Waals surface area (Å²) in [4.78, 5) is 5.89. The number of pyridine rings is 1. The van der Waals surface area contributed by atoms with Crippen LogP contribution in [0.5, 0.6) is 0 Å². The zero-order chi connectivity index (χ0) is 14.4. The first-order chi connectivity index (χ1) is 9.70. The van der Waals surface area contributed by atoms with Crippen molar-refractivity contribution in [2.45, 2.75) is 43.7 Å². The van der Waals surface area contributed by atoms with Crippen LogP contribution in [0.15, 0.2) is 46.5 Å². The average molecular weight is 286 g/mol. The molecule has 106 valence electrons. The summed E-state index contributed by atoms with van der Waals surface area (Å²) in [6, 6.07) is 10.7. The van der Waals surface area contributed by atoms with E-state index in [0.717, 1.165) is 24.5 Å². The summed E-state index contributed by atoms with van der Waals surface area (Å²) >= 11 is 1.75. The maximum absolute atomic E-state index is 4.62. The van der Waals surface area contributed by atoms with E-state index < -0.39 is 0 Å². The summed E-state index contributed by atoms with van der Waals surface area (Å²) in [5.41, 5.74) is 3.80. The van der Waals surface area contributed by atoms with Gasteiger partial charge in [0.05, 0.1) is 0 Å². The van der Waals surface area contributed by atoms with Gasteiger partial charge in [-0.25, -0.2) is 4.98 Å². The van der Waals surface area contributed by atoms with Gasteiger partial charge in [-0.15, -0.1) is 0 Å². The fraction of sp³-hybridized carbons (Fsp3) is 0.353. The Kier molecular flexibility index (Phi) is 5.62. The van der Waals surface area contributed by atoms with Gasteiger partial charge in [-0.3, -0.25) is 0 Å². The van der Waals surface area contributed by atoms with E-state index in [2.05, 4.69) is 61.4 Å². The van der Waals surface area contributed by atoms with E-state index in [0.29, 0.717) is 0 Å². The summed E-state index contributed by atoms with van der Waals surface area (Å²) in [5, 5.41) is 4.51. The third-order valence-electron chi connectivity index (χ3n) is 3.14. The number of nitrogens with zero attached hydrogens (tertiary/aromatic N) is 1. The van der Waals surface area contributed by atoms with Crippen LogP contribution in [-0.4, -0.2) is 11.5 Å². The largest absolute Gasteiger partial charge is 0.313 e. The number of hydrogen-bond donors (Lipinski definition) is 1. The minimum atomic E-state index is 0.900. The number of aromatic nitrogens is 1. The normalized spacial score (nSPS) is 10.8. The molecular formula is C17H22N2S.